The molecule has 1 unspecified atom stereocenters. The number of aryl methyl sites for hydroxylation is 1. The van der Waals surface area contributed by atoms with Gasteiger partial charge in [-0.1, -0.05) is 30.0 Å². The lowest BCUT2D eigenvalue weighted by Gasteiger charge is -2.11. The Morgan fingerprint density at radius 3 is 2.75 bits per heavy atom. The molecule has 0 spiro atoms. The molecule has 3 aromatic rings. The first-order valence-electron chi connectivity index (χ1n) is 7.44. The highest BCUT2D eigenvalue weighted by atomic mass is 32.2. The number of hydrogen-bond acceptors (Lipinski definition) is 5. The van der Waals surface area contributed by atoms with Crippen LogP contribution in [0.5, 0.6) is 0 Å². The van der Waals surface area contributed by atoms with E-state index in [0.717, 1.165) is 22.1 Å². The summed E-state index contributed by atoms with van der Waals surface area (Å²) in [5.74, 6) is -0.382. The van der Waals surface area contributed by atoms with E-state index >= 15 is 0 Å². The van der Waals surface area contributed by atoms with Gasteiger partial charge >= 0.3 is 6.03 Å². The zero-order valence-corrected chi connectivity index (χ0v) is 14.3. The second-order valence-corrected chi connectivity index (χ2v) is 6.66. The number of hydrogen-bond donors (Lipinski definition) is 2. The number of nitrogens with zero attached hydrogens (tertiary/aromatic N) is 3. The van der Waals surface area contributed by atoms with Crippen molar-refractivity contribution in [2.24, 2.45) is 0 Å². The lowest BCUT2D eigenvalue weighted by atomic mass is 10.1. The maximum atomic E-state index is 12.0. The lowest BCUT2D eigenvalue weighted by molar-refractivity contribution is -0.119. The van der Waals surface area contributed by atoms with Gasteiger partial charge in [0.2, 0.25) is 5.91 Å². The van der Waals surface area contributed by atoms with Gasteiger partial charge in [0.25, 0.3) is 0 Å². The zero-order chi connectivity index (χ0) is 17.3. The fourth-order valence-electron chi connectivity index (χ4n) is 2.44. The van der Waals surface area contributed by atoms with Gasteiger partial charge in [-0.25, -0.2) is 4.79 Å². The van der Waals surface area contributed by atoms with Crippen molar-refractivity contribution < 1.29 is 9.59 Å². The molecule has 0 radical (unpaired) electrons. The van der Waals surface area contributed by atoms with E-state index in [2.05, 4.69) is 20.8 Å². The normalized spacial score (nSPS) is 12.3. The number of nitrogens with one attached hydrogen (secondary N) is 2. The van der Waals surface area contributed by atoms with Gasteiger partial charge in [-0.3, -0.25) is 14.5 Å². The van der Waals surface area contributed by atoms with Gasteiger partial charge < -0.3 is 5.32 Å². The number of imide groups is 1. The quantitative estimate of drug-likeness (QED) is 0.711. The van der Waals surface area contributed by atoms with Gasteiger partial charge in [-0.05, 0) is 31.5 Å². The largest absolute Gasteiger partial charge is 0.341 e. The van der Waals surface area contributed by atoms with Gasteiger partial charge in [0.1, 0.15) is 0 Å². The van der Waals surface area contributed by atoms with Crippen LogP contribution in [0.25, 0.3) is 16.6 Å². The Hall–Kier alpha value is -2.61. The number of rotatable bonds is 3. The Morgan fingerprint density at radius 2 is 2.00 bits per heavy atom. The number of thioether (sulfide) groups is 1. The summed E-state index contributed by atoms with van der Waals surface area (Å²) in [7, 11) is 1.46. The maximum Gasteiger partial charge on any atom is 0.321 e. The molecule has 1 aromatic carbocycles. The fourth-order valence-corrected chi connectivity index (χ4v) is 3.31. The smallest absolute Gasteiger partial charge is 0.321 e. The third-order valence-electron chi connectivity index (χ3n) is 3.69. The Bertz CT molecular complexity index is 937. The number of amides is 3. The highest BCUT2D eigenvalue weighted by Gasteiger charge is 2.20. The number of urea groups is 1. The summed E-state index contributed by atoms with van der Waals surface area (Å²) in [6.07, 6.45) is 0. The van der Waals surface area contributed by atoms with E-state index in [-0.39, 0.29) is 5.91 Å². The second kappa shape index (κ2) is 6.48. The predicted molar refractivity (Wildman–Crippen MR) is 93.1 cm³/mol. The molecular weight excluding hydrogens is 326 g/mol. The molecule has 124 valence electrons. The molecule has 0 aliphatic rings. The molecule has 2 heterocycles. The van der Waals surface area contributed by atoms with Crippen LogP contribution in [0.1, 0.15) is 12.5 Å². The second-order valence-electron chi connectivity index (χ2n) is 5.35. The number of benzene rings is 1. The first kappa shape index (κ1) is 16.3. The van der Waals surface area contributed by atoms with Crippen molar-refractivity contribution in [3.63, 3.8) is 0 Å². The van der Waals surface area contributed by atoms with Crippen LogP contribution in [-0.4, -0.2) is 38.8 Å². The Balaban J connectivity index is 1.97. The van der Waals surface area contributed by atoms with Gasteiger partial charge in [-0.15, -0.1) is 10.2 Å². The average Bonchev–Trinajstić information content (AvgIpc) is 2.97. The van der Waals surface area contributed by atoms with Crippen molar-refractivity contribution in [1.29, 1.82) is 0 Å². The number of pyridine rings is 1. The third kappa shape index (κ3) is 2.92. The van der Waals surface area contributed by atoms with Crippen LogP contribution in [0.4, 0.5) is 4.79 Å². The lowest BCUT2D eigenvalue weighted by Crippen LogP contribution is -2.41. The van der Waals surface area contributed by atoms with Crippen molar-refractivity contribution >= 4 is 40.3 Å². The van der Waals surface area contributed by atoms with Crippen LogP contribution in [0.15, 0.2) is 35.5 Å². The number of aromatic nitrogens is 3. The van der Waals surface area contributed by atoms with Crippen LogP contribution in [-0.2, 0) is 4.79 Å². The summed E-state index contributed by atoms with van der Waals surface area (Å²) < 4.78 is 1.93. The Labute approximate surface area is 142 Å². The van der Waals surface area contributed by atoms with Crippen LogP contribution >= 0.6 is 11.8 Å². The first-order chi connectivity index (χ1) is 11.5. The van der Waals surface area contributed by atoms with Crippen LogP contribution < -0.4 is 10.6 Å². The number of carbonyl (C=O) groups is 2. The van der Waals surface area contributed by atoms with Crippen LogP contribution in [0.3, 0.4) is 0 Å². The molecule has 3 amide bonds. The SMILES string of the molecule is CNC(=O)NC(=O)C(C)Sc1nnc2cc(C)c3ccccc3n12. The highest BCUT2D eigenvalue weighted by Crippen LogP contribution is 2.27. The molecule has 7 nitrogen and oxygen atoms in total. The molecule has 0 saturated heterocycles. The van der Waals surface area contributed by atoms with Gasteiger partial charge in [-0.2, -0.15) is 0 Å². The van der Waals surface area contributed by atoms with Crippen molar-refractivity contribution in [2.75, 3.05) is 7.05 Å². The molecule has 8 heteroatoms. The average molecular weight is 343 g/mol. The summed E-state index contributed by atoms with van der Waals surface area (Å²) in [5, 5.41) is 14.3. The molecule has 3 rings (SSSR count). The molecule has 1 atom stereocenters. The topological polar surface area (TPSA) is 88.4 Å². The molecule has 0 saturated carbocycles. The zero-order valence-electron chi connectivity index (χ0n) is 13.5. The van der Waals surface area contributed by atoms with Crippen molar-refractivity contribution in [3.8, 4) is 0 Å². The summed E-state index contributed by atoms with van der Waals surface area (Å²) in [5.41, 5.74) is 2.83. The van der Waals surface area contributed by atoms with E-state index in [9.17, 15) is 9.59 Å². The number of para-hydroxylation sites is 1. The molecule has 2 N–H and O–H groups in total. The van der Waals surface area contributed by atoms with E-state index in [0.29, 0.717) is 5.16 Å². The molecule has 0 fully saturated rings. The summed E-state index contributed by atoms with van der Waals surface area (Å²) in [4.78, 5) is 23.3. The summed E-state index contributed by atoms with van der Waals surface area (Å²) in [6, 6.07) is 9.42. The van der Waals surface area contributed by atoms with Crippen molar-refractivity contribution in [1.82, 2.24) is 25.2 Å². The van der Waals surface area contributed by atoms with E-state index in [1.54, 1.807) is 6.92 Å². The minimum atomic E-state index is -0.528. The maximum absolute atomic E-state index is 12.0. The standard InChI is InChI=1S/C16H17N5O2S/c1-9-8-13-19-20-16(21(13)12-7-5-4-6-11(9)12)24-10(2)14(22)18-15(23)17-3/h4-8,10H,1-3H3,(H2,17,18,22,23). The highest BCUT2D eigenvalue weighted by molar-refractivity contribution is 8.00. The molecular formula is C16H17N5O2S. The number of carbonyl (C=O) groups excluding carboxylic acids is 2. The Kier molecular flexibility index (Phi) is 4.39. The van der Waals surface area contributed by atoms with Gasteiger partial charge in [0, 0.05) is 12.4 Å². The minimum Gasteiger partial charge on any atom is -0.341 e. The van der Waals surface area contributed by atoms with E-state index in [1.807, 2.05) is 41.7 Å². The fraction of sp³-hybridized carbons (Fsp3) is 0.250. The molecule has 0 aliphatic carbocycles. The molecule has 0 bridgehead atoms. The minimum absolute atomic E-state index is 0.382. The van der Waals surface area contributed by atoms with Crippen molar-refractivity contribution in [2.45, 2.75) is 24.3 Å². The third-order valence-corrected chi connectivity index (χ3v) is 4.73. The van der Waals surface area contributed by atoms with Crippen LogP contribution in [0.2, 0.25) is 0 Å². The first-order valence-corrected chi connectivity index (χ1v) is 8.32. The summed E-state index contributed by atoms with van der Waals surface area (Å²) >= 11 is 1.26. The van der Waals surface area contributed by atoms with E-state index in [4.69, 9.17) is 0 Å². The van der Waals surface area contributed by atoms with E-state index in [1.165, 1.54) is 18.8 Å². The molecule has 0 aliphatic heterocycles. The number of fused-ring (bicyclic) bond motifs is 3. The van der Waals surface area contributed by atoms with Crippen molar-refractivity contribution in [3.05, 3.63) is 35.9 Å². The van der Waals surface area contributed by atoms with Crippen LogP contribution in [0, 0.1) is 6.92 Å². The summed E-state index contributed by atoms with van der Waals surface area (Å²) in [6.45, 7) is 3.75. The van der Waals surface area contributed by atoms with Gasteiger partial charge in [0.15, 0.2) is 10.8 Å². The monoisotopic (exact) mass is 343 g/mol. The Morgan fingerprint density at radius 1 is 1.25 bits per heavy atom. The molecule has 2 aromatic heterocycles. The van der Waals surface area contributed by atoms with Gasteiger partial charge in [0.05, 0.1) is 10.8 Å². The predicted octanol–water partition coefficient (Wildman–Crippen LogP) is 2.13. The molecule has 24 heavy (non-hydrogen) atoms. The van der Waals surface area contributed by atoms with E-state index < -0.39 is 11.3 Å².